The number of aliphatic hydroxyl groups excluding tert-OH is 6. The first kappa shape index (κ1) is 44.3. The van der Waals surface area contributed by atoms with Crippen molar-refractivity contribution in [3.05, 3.63) is 34.9 Å². The van der Waals surface area contributed by atoms with Crippen LogP contribution in [-0.4, -0.2) is 128 Å². The fourth-order valence-electron chi connectivity index (χ4n) is 12.4. The van der Waals surface area contributed by atoms with Gasteiger partial charge >= 0.3 is 11.9 Å². The number of fused-ring (bicyclic) bond motifs is 5. The fourth-order valence-corrected chi connectivity index (χ4v) is 12.4. The molecule has 0 radical (unpaired) electrons. The van der Waals surface area contributed by atoms with Gasteiger partial charge in [-0.3, -0.25) is 4.79 Å². The minimum absolute atomic E-state index is 0.0835. The maximum atomic E-state index is 12.9. The third kappa shape index (κ3) is 7.93. The van der Waals surface area contributed by atoms with Crippen LogP contribution in [0.1, 0.15) is 99.8 Å². The molecule has 0 aromatic rings. The summed E-state index contributed by atoms with van der Waals surface area (Å²) in [6, 6.07) is 0. The number of rotatable bonds is 11. The molecule has 7 N–H and O–H groups in total. The molecule has 322 valence electrons. The van der Waals surface area contributed by atoms with Crippen molar-refractivity contribution in [1.29, 1.82) is 0 Å². The Morgan fingerprint density at radius 1 is 0.895 bits per heavy atom. The summed E-state index contributed by atoms with van der Waals surface area (Å²) in [5.41, 5.74) is 0.998. The molecule has 0 aromatic carbocycles. The molecule has 14 nitrogen and oxygen atoms in total. The number of ether oxygens (including phenoxy) is 5. The van der Waals surface area contributed by atoms with E-state index in [0.29, 0.717) is 43.3 Å². The van der Waals surface area contributed by atoms with Crippen LogP contribution in [0.5, 0.6) is 0 Å². The Hall–Kier alpha value is -2.24. The maximum Gasteiger partial charge on any atom is 0.331 e. The Kier molecular flexibility index (Phi) is 13.2. The van der Waals surface area contributed by atoms with Gasteiger partial charge in [0, 0.05) is 12.5 Å². The third-order valence-electron chi connectivity index (χ3n) is 15.3. The van der Waals surface area contributed by atoms with Crippen molar-refractivity contribution in [3.8, 4) is 0 Å². The highest BCUT2D eigenvalue weighted by Gasteiger charge is 2.71. The molecule has 18 atom stereocenters. The van der Waals surface area contributed by atoms with Crippen molar-refractivity contribution in [2.24, 2.45) is 39.9 Å². The average Bonchev–Trinajstić information content (AvgIpc) is 3.42. The van der Waals surface area contributed by atoms with Crippen molar-refractivity contribution in [1.82, 2.24) is 0 Å². The standard InChI is InChI=1S/C43H66O14/c1-21(2)9-8-10-24(39(51)52)34-26-17-27(47)38-41(5)15-14-28(22(3)25(41)13-16-42(38,6)43(26,7)18-30(34)53-23(4)46)54-33-12-11-29(31(19-44)55-33)56-40-37(50)36(49)35(48)32(20-45)57-40/h9,11-12,22,25-33,35-38,40,44-45,47-50H,8,10,13-20H2,1-7H3,(H,51,52)/b34-24+/t22-,25-,26-,27?,28+,29-,30-,31+,32+,33?,35+,36-,37+,38?,40-,41-,42-,43-/m0/s1. The molecule has 57 heavy (non-hydrogen) atoms. The zero-order valence-corrected chi connectivity index (χ0v) is 34.5. The van der Waals surface area contributed by atoms with E-state index in [2.05, 4.69) is 27.7 Å². The number of allylic oxidation sites excluding steroid dienone is 2. The average molecular weight is 807 g/mol. The molecule has 6 aliphatic rings. The molecule has 0 bridgehead atoms. The van der Waals surface area contributed by atoms with Crippen molar-refractivity contribution >= 4 is 11.9 Å². The number of aliphatic carboxylic acids is 1. The second-order valence-corrected chi connectivity index (χ2v) is 18.7. The molecule has 1 saturated heterocycles. The third-order valence-corrected chi connectivity index (χ3v) is 15.3. The summed E-state index contributed by atoms with van der Waals surface area (Å²) < 4.78 is 30.0. The molecule has 14 heteroatoms. The smallest absolute Gasteiger partial charge is 0.331 e. The van der Waals surface area contributed by atoms with Gasteiger partial charge < -0.3 is 59.4 Å². The fraction of sp³-hybridized carbons (Fsp3) is 0.814. The second-order valence-electron chi connectivity index (χ2n) is 18.7. The molecule has 4 saturated carbocycles. The van der Waals surface area contributed by atoms with E-state index in [-0.39, 0.29) is 40.6 Å². The number of carbonyl (C=O) groups excluding carboxylic acids is 1. The molecule has 2 aliphatic heterocycles. The lowest BCUT2D eigenvalue weighted by Crippen LogP contribution is -2.65. The van der Waals surface area contributed by atoms with Gasteiger partial charge in [-0.2, -0.15) is 0 Å². The monoisotopic (exact) mass is 806 g/mol. The largest absolute Gasteiger partial charge is 0.478 e. The number of esters is 1. The SMILES string of the molecule is CC(=O)O[C@H]1C[C@@]2(C)[C@@H](CC(O)C3[C@]2(C)CC[C@H]2[C@H](C)[C@H](OC4C=C[C@H](O[C@H]5O[C@H](CO)[C@@H](O)[C@H](O)[C@H]5O)[C@@H](CO)O4)CC[C@]32C)/C1=C(/CCC=C(C)C)C(=O)O. The Bertz CT molecular complexity index is 1570. The summed E-state index contributed by atoms with van der Waals surface area (Å²) >= 11 is 0. The van der Waals surface area contributed by atoms with Crippen LogP contribution >= 0.6 is 0 Å². The number of hydrogen-bond acceptors (Lipinski definition) is 13. The van der Waals surface area contributed by atoms with E-state index in [1.54, 1.807) is 12.2 Å². The molecule has 6 rings (SSSR count). The molecule has 4 aliphatic carbocycles. The van der Waals surface area contributed by atoms with E-state index in [1.807, 2.05) is 19.9 Å². The van der Waals surface area contributed by atoms with Crippen molar-refractivity contribution < 1.29 is 69.0 Å². The maximum absolute atomic E-state index is 12.9. The predicted molar refractivity (Wildman–Crippen MR) is 205 cm³/mol. The van der Waals surface area contributed by atoms with Gasteiger partial charge in [-0.1, -0.05) is 45.4 Å². The quantitative estimate of drug-likeness (QED) is 0.0907. The number of carboxylic acid groups (broad SMARTS) is 1. The summed E-state index contributed by atoms with van der Waals surface area (Å²) in [4.78, 5) is 25.4. The van der Waals surface area contributed by atoms with Crippen molar-refractivity contribution in [3.63, 3.8) is 0 Å². The zero-order chi connectivity index (χ0) is 41.8. The Balaban J connectivity index is 1.19. The van der Waals surface area contributed by atoms with Gasteiger partial charge in [-0.15, -0.1) is 0 Å². The van der Waals surface area contributed by atoms with Crippen LogP contribution in [0.25, 0.3) is 0 Å². The van der Waals surface area contributed by atoms with E-state index in [4.69, 9.17) is 23.7 Å². The number of carboxylic acids is 1. The van der Waals surface area contributed by atoms with Crippen LogP contribution in [0.2, 0.25) is 0 Å². The van der Waals surface area contributed by atoms with Crippen LogP contribution in [-0.2, 0) is 33.3 Å². The van der Waals surface area contributed by atoms with Gasteiger partial charge in [0.05, 0.1) is 25.4 Å². The molecule has 0 amide bonds. The van der Waals surface area contributed by atoms with Crippen molar-refractivity contribution in [2.45, 2.75) is 167 Å². The lowest BCUT2D eigenvalue weighted by Gasteiger charge is -2.69. The first-order chi connectivity index (χ1) is 26.8. The second kappa shape index (κ2) is 17.0. The van der Waals surface area contributed by atoms with Gasteiger partial charge in [0.25, 0.3) is 0 Å². The number of hydrogen-bond donors (Lipinski definition) is 7. The molecule has 0 spiro atoms. The molecule has 2 heterocycles. The molecular weight excluding hydrogens is 740 g/mol. The summed E-state index contributed by atoms with van der Waals surface area (Å²) in [5.74, 6) is -1.51. The van der Waals surface area contributed by atoms with Crippen LogP contribution in [0.3, 0.4) is 0 Å². The van der Waals surface area contributed by atoms with E-state index < -0.39 is 92.0 Å². The molecular formula is C43H66O14. The van der Waals surface area contributed by atoms with E-state index in [1.165, 1.54) is 6.92 Å². The van der Waals surface area contributed by atoms with Crippen LogP contribution in [0.15, 0.2) is 34.9 Å². The van der Waals surface area contributed by atoms with E-state index >= 15 is 0 Å². The van der Waals surface area contributed by atoms with Crippen LogP contribution in [0, 0.1) is 39.9 Å². The highest BCUT2D eigenvalue weighted by atomic mass is 16.7. The van der Waals surface area contributed by atoms with Gasteiger partial charge in [0.2, 0.25) is 0 Å². The molecule has 0 aromatic heterocycles. The van der Waals surface area contributed by atoms with E-state index in [9.17, 15) is 45.3 Å². The molecule has 3 unspecified atom stereocenters. The normalized spacial score (nSPS) is 47.6. The number of aliphatic hydroxyl groups is 6. The summed E-state index contributed by atoms with van der Waals surface area (Å²) in [6.07, 6.45) is -1.09. The van der Waals surface area contributed by atoms with Crippen molar-refractivity contribution in [2.75, 3.05) is 13.2 Å². The lowest BCUT2D eigenvalue weighted by atomic mass is 9.36. The van der Waals surface area contributed by atoms with Gasteiger partial charge in [0.1, 0.15) is 42.7 Å². The summed E-state index contributed by atoms with van der Waals surface area (Å²) in [5, 5.41) is 73.5. The topological polar surface area (TPSA) is 222 Å². The van der Waals surface area contributed by atoms with Gasteiger partial charge in [0.15, 0.2) is 12.6 Å². The Morgan fingerprint density at radius 2 is 1.60 bits per heavy atom. The van der Waals surface area contributed by atoms with Gasteiger partial charge in [-0.05, 0) is 117 Å². The Labute approximate surface area is 335 Å². The van der Waals surface area contributed by atoms with E-state index in [0.717, 1.165) is 24.8 Å². The minimum Gasteiger partial charge on any atom is -0.478 e. The first-order valence-electron chi connectivity index (χ1n) is 20.8. The highest BCUT2D eigenvalue weighted by Crippen LogP contribution is 2.74. The highest BCUT2D eigenvalue weighted by molar-refractivity contribution is 5.88. The number of carbonyl (C=O) groups is 2. The summed E-state index contributed by atoms with van der Waals surface area (Å²) in [6.45, 7) is 13.3. The predicted octanol–water partition coefficient (Wildman–Crippen LogP) is 3.15. The zero-order valence-electron chi connectivity index (χ0n) is 34.5. The lowest BCUT2D eigenvalue weighted by molar-refractivity contribution is -0.321. The van der Waals surface area contributed by atoms with Crippen LogP contribution in [0.4, 0.5) is 0 Å². The van der Waals surface area contributed by atoms with Gasteiger partial charge in [-0.25, -0.2) is 4.79 Å². The summed E-state index contributed by atoms with van der Waals surface area (Å²) in [7, 11) is 0. The Morgan fingerprint density at radius 3 is 2.23 bits per heavy atom. The van der Waals surface area contributed by atoms with Crippen LogP contribution < -0.4 is 0 Å². The molecule has 5 fully saturated rings. The minimum atomic E-state index is -1.61. The first-order valence-corrected chi connectivity index (χ1v) is 20.8.